The molecule has 0 radical (unpaired) electrons. The van der Waals surface area contributed by atoms with Gasteiger partial charge < -0.3 is 15.4 Å². The Balaban J connectivity index is 1.73. The highest BCUT2D eigenvalue weighted by Crippen LogP contribution is 2.38. The van der Waals surface area contributed by atoms with Gasteiger partial charge >= 0.3 is 0 Å². The van der Waals surface area contributed by atoms with E-state index in [-0.39, 0.29) is 11.1 Å². The van der Waals surface area contributed by atoms with Crippen LogP contribution in [0.15, 0.2) is 47.4 Å². The molecule has 2 heterocycles. The van der Waals surface area contributed by atoms with E-state index in [0.29, 0.717) is 17.2 Å². The molecule has 0 aromatic heterocycles. The molecule has 23 heavy (non-hydrogen) atoms. The van der Waals surface area contributed by atoms with Crippen LogP contribution in [0.3, 0.4) is 0 Å². The molecular weight excluding hydrogens is 314 g/mol. The zero-order valence-electron chi connectivity index (χ0n) is 12.4. The Kier molecular flexibility index (Phi) is 3.21. The molecule has 120 valence electrons. The van der Waals surface area contributed by atoms with Crippen LogP contribution >= 0.6 is 0 Å². The molecule has 6 nitrogen and oxygen atoms in total. The number of benzene rings is 2. The topological polar surface area (TPSA) is 84.7 Å². The maximum atomic E-state index is 12.5. The third-order valence-corrected chi connectivity index (χ3v) is 5.66. The number of hydrogen-bond donors (Lipinski definition) is 2. The Hall–Kier alpha value is -2.25. The van der Waals surface area contributed by atoms with Crippen molar-refractivity contribution in [3.63, 3.8) is 0 Å². The molecule has 0 amide bonds. The molecule has 2 aromatic rings. The Labute approximate surface area is 134 Å². The second-order valence-electron chi connectivity index (χ2n) is 5.78. The van der Waals surface area contributed by atoms with E-state index >= 15 is 0 Å². The van der Waals surface area contributed by atoms with Gasteiger partial charge in [0, 0.05) is 24.4 Å². The highest BCUT2D eigenvalue weighted by atomic mass is 32.2. The number of fused-ring (bicyclic) bond motifs is 3. The SMILES string of the molecule is Nc1cccc(Oc2ccc3c(c2)S(=O)(=O)NC2CCCN32)c1. The summed E-state index contributed by atoms with van der Waals surface area (Å²) in [7, 11) is -3.52. The summed E-state index contributed by atoms with van der Waals surface area (Å²) < 4.78 is 33.4. The lowest BCUT2D eigenvalue weighted by molar-refractivity contribution is 0.479. The molecule has 1 unspecified atom stereocenters. The standard InChI is InChI=1S/C16H17N3O3S/c17-11-3-1-4-12(9-11)22-13-6-7-14-15(10-13)23(20,21)18-16-5-2-8-19(14)16/h1,3-4,6-7,9-10,16,18H,2,5,8,17H2. The Morgan fingerprint density at radius 3 is 2.83 bits per heavy atom. The molecule has 1 atom stereocenters. The van der Waals surface area contributed by atoms with Crippen molar-refractivity contribution in [3.05, 3.63) is 42.5 Å². The van der Waals surface area contributed by atoms with Gasteiger partial charge in [-0.3, -0.25) is 0 Å². The molecule has 0 saturated carbocycles. The first-order valence-electron chi connectivity index (χ1n) is 7.49. The molecule has 1 fully saturated rings. The fraction of sp³-hybridized carbons (Fsp3) is 0.250. The molecule has 2 aromatic carbocycles. The van der Waals surface area contributed by atoms with Crippen molar-refractivity contribution >= 4 is 21.4 Å². The number of sulfonamides is 1. The minimum Gasteiger partial charge on any atom is -0.457 e. The minimum absolute atomic E-state index is 0.131. The van der Waals surface area contributed by atoms with Crippen molar-refractivity contribution in [2.24, 2.45) is 0 Å². The predicted octanol–water partition coefficient (Wildman–Crippen LogP) is 2.28. The number of rotatable bonds is 2. The van der Waals surface area contributed by atoms with Crippen LogP contribution in [0.4, 0.5) is 11.4 Å². The van der Waals surface area contributed by atoms with Crippen LogP contribution in [0.1, 0.15) is 12.8 Å². The highest BCUT2D eigenvalue weighted by molar-refractivity contribution is 7.89. The number of anilines is 2. The molecule has 0 bridgehead atoms. The van der Waals surface area contributed by atoms with E-state index in [1.165, 1.54) is 0 Å². The molecule has 1 saturated heterocycles. The number of nitrogens with two attached hydrogens (primary N) is 1. The zero-order valence-corrected chi connectivity index (χ0v) is 13.2. The summed E-state index contributed by atoms with van der Waals surface area (Å²) in [6, 6.07) is 12.2. The van der Waals surface area contributed by atoms with Crippen LogP contribution < -0.4 is 20.1 Å². The van der Waals surface area contributed by atoms with Gasteiger partial charge in [-0.15, -0.1) is 0 Å². The van der Waals surface area contributed by atoms with Crippen LogP contribution in [0.2, 0.25) is 0 Å². The van der Waals surface area contributed by atoms with Crippen LogP contribution in [-0.2, 0) is 10.0 Å². The summed E-state index contributed by atoms with van der Waals surface area (Å²) >= 11 is 0. The Morgan fingerprint density at radius 1 is 1.17 bits per heavy atom. The van der Waals surface area contributed by atoms with Gasteiger partial charge in [0.2, 0.25) is 10.0 Å². The molecular formula is C16H17N3O3S. The summed E-state index contributed by atoms with van der Waals surface area (Å²) in [5.41, 5.74) is 7.07. The third-order valence-electron chi connectivity index (χ3n) is 4.17. The first-order chi connectivity index (χ1) is 11.0. The smallest absolute Gasteiger partial charge is 0.244 e. The van der Waals surface area contributed by atoms with Crippen molar-refractivity contribution in [2.45, 2.75) is 23.9 Å². The monoisotopic (exact) mass is 331 g/mol. The lowest BCUT2D eigenvalue weighted by atomic mass is 10.2. The van der Waals surface area contributed by atoms with E-state index in [4.69, 9.17) is 10.5 Å². The average Bonchev–Trinajstić information content (AvgIpc) is 2.95. The van der Waals surface area contributed by atoms with Crippen molar-refractivity contribution < 1.29 is 13.2 Å². The van der Waals surface area contributed by atoms with E-state index in [2.05, 4.69) is 9.62 Å². The summed E-state index contributed by atoms with van der Waals surface area (Å²) in [5, 5.41) is 0. The number of nitrogen functional groups attached to an aromatic ring is 1. The van der Waals surface area contributed by atoms with Crippen LogP contribution in [0.5, 0.6) is 11.5 Å². The molecule has 3 N–H and O–H groups in total. The first kappa shape index (κ1) is 14.3. The van der Waals surface area contributed by atoms with E-state index in [1.807, 2.05) is 6.07 Å². The van der Waals surface area contributed by atoms with Crippen LogP contribution in [0.25, 0.3) is 0 Å². The van der Waals surface area contributed by atoms with Gasteiger partial charge in [-0.2, -0.15) is 4.72 Å². The summed E-state index contributed by atoms with van der Waals surface area (Å²) in [4.78, 5) is 2.36. The predicted molar refractivity (Wildman–Crippen MR) is 88.1 cm³/mol. The van der Waals surface area contributed by atoms with Crippen molar-refractivity contribution in [1.29, 1.82) is 0 Å². The lowest BCUT2D eigenvalue weighted by Gasteiger charge is -2.33. The van der Waals surface area contributed by atoms with E-state index in [1.54, 1.807) is 36.4 Å². The maximum absolute atomic E-state index is 12.5. The van der Waals surface area contributed by atoms with Crippen LogP contribution in [0, 0.1) is 0 Å². The van der Waals surface area contributed by atoms with Gasteiger partial charge in [0.25, 0.3) is 0 Å². The second-order valence-corrected chi connectivity index (χ2v) is 7.46. The summed E-state index contributed by atoms with van der Waals surface area (Å²) in [6.45, 7) is 0.857. The van der Waals surface area contributed by atoms with Crippen LogP contribution in [-0.4, -0.2) is 21.1 Å². The summed E-state index contributed by atoms with van der Waals surface area (Å²) in [6.07, 6.45) is 1.68. The fourth-order valence-electron chi connectivity index (χ4n) is 3.14. The molecule has 4 rings (SSSR count). The molecule has 7 heteroatoms. The first-order valence-corrected chi connectivity index (χ1v) is 8.98. The maximum Gasteiger partial charge on any atom is 0.244 e. The zero-order chi connectivity index (χ0) is 16.0. The number of ether oxygens (including phenoxy) is 1. The van der Waals surface area contributed by atoms with Gasteiger partial charge in [-0.1, -0.05) is 6.07 Å². The van der Waals surface area contributed by atoms with Crippen molar-refractivity contribution in [3.8, 4) is 11.5 Å². The largest absolute Gasteiger partial charge is 0.457 e. The Bertz CT molecular complexity index is 867. The lowest BCUT2D eigenvalue weighted by Crippen LogP contribution is -2.48. The third kappa shape index (κ3) is 2.51. The average molecular weight is 331 g/mol. The van der Waals surface area contributed by atoms with Gasteiger partial charge in [-0.25, -0.2) is 8.42 Å². The molecule has 0 aliphatic carbocycles. The molecule has 0 spiro atoms. The van der Waals surface area contributed by atoms with Gasteiger partial charge in [-0.05, 0) is 37.1 Å². The number of nitrogens with zero attached hydrogens (tertiary/aromatic N) is 1. The fourth-order valence-corrected chi connectivity index (χ4v) is 4.61. The van der Waals surface area contributed by atoms with Gasteiger partial charge in [0.1, 0.15) is 16.4 Å². The minimum atomic E-state index is -3.52. The second kappa shape index (κ2) is 5.14. The van der Waals surface area contributed by atoms with E-state index < -0.39 is 10.0 Å². The molecule has 2 aliphatic rings. The van der Waals surface area contributed by atoms with Crippen molar-refractivity contribution in [1.82, 2.24) is 4.72 Å². The van der Waals surface area contributed by atoms with E-state index in [9.17, 15) is 8.42 Å². The van der Waals surface area contributed by atoms with Gasteiger partial charge in [0.15, 0.2) is 0 Å². The number of hydrogen-bond acceptors (Lipinski definition) is 5. The molecule has 2 aliphatic heterocycles. The quantitative estimate of drug-likeness (QED) is 0.825. The number of nitrogens with one attached hydrogen (secondary N) is 1. The Morgan fingerprint density at radius 2 is 2.00 bits per heavy atom. The van der Waals surface area contributed by atoms with E-state index in [0.717, 1.165) is 25.1 Å². The summed E-state index contributed by atoms with van der Waals surface area (Å²) in [5.74, 6) is 1.04. The normalized spacial score (nSPS) is 21.6. The highest BCUT2D eigenvalue weighted by Gasteiger charge is 2.37. The van der Waals surface area contributed by atoms with Crippen molar-refractivity contribution in [2.75, 3.05) is 17.2 Å². The van der Waals surface area contributed by atoms with Gasteiger partial charge in [0.05, 0.1) is 11.9 Å².